The van der Waals surface area contributed by atoms with Gasteiger partial charge in [-0.3, -0.25) is 0 Å². The molecule has 0 aromatic heterocycles. The molecule has 0 spiro atoms. The van der Waals surface area contributed by atoms with Gasteiger partial charge in [0.05, 0.1) is 41.8 Å². The molecule has 0 saturated carbocycles. The average Bonchev–Trinajstić information content (AvgIpc) is 2.65. The summed E-state index contributed by atoms with van der Waals surface area (Å²) in [6.07, 6.45) is 16.6. The third kappa shape index (κ3) is 12.1. The van der Waals surface area contributed by atoms with Crippen molar-refractivity contribution in [3.63, 3.8) is 0 Å². The van der Waals surface area contributed by atoms with E-state index in [0.29, 0.717) is 0 Å². The van der Waals surface area contributed by atoms with Crippen LogP contribution in [0.4, 0.5) is 0 Å². The molecule has 1 aliphatic rings. The van der Waals surface area contributed by atoms with Gasteiger partial charge < -0.3 is 19.9 Å². The molecule has 0 unspecified atom stereocenters. The van der Waals surface area contributed by atoms with Crippen molar-refractivity contribution in [2.75, 3.05) is 81.1 Å². The van der Waals surface area contributed by atoms with Crippen molar-refractivity contribution in [2.45, 2.75) is 71.1 Å². The Kier molecular flexibility index (Phi) is 11.5. The predicted molar refractivity (Wildman–Crippen MR) is 121 cm³/mol. The van der Waals surface area contributed by atoms with E-state index < -0.39 is 0 Å². The molecule has 0 aromatic carbocycles. The highest BCUT2D eigenvalue weighted by molar-refractivity contribution is 4.65. The lowest BCUT2D eigenvalue weighted by molar-refractivity contribution is -0.955. The standard InChI is InChI=1S/C24H53N3/c1-7-8-9-10-11-12-13-14-15-16-17-18-27(6)23-21-25(2,3)19-20-26(4,5)22-24-27/h15H,7-14,16-24H2,1-6H3/q+2. The highest BCUT2D eigenvalue weighted by Crippen LogP contribution is 2.15. The van der Waals surface area contributed by atoms with Crippen LogP contribution in [-0.2, 0) is 0 Å². The summed E-state index contributed by atoms with van der Waals surface area (Å²) in [5.74, 6) is 0. The van der Waals surface area contributed by atoms with Gasteiger partial charge in [0.15, 0.2) is 0 Å². The van der Waals surface area contributed by atoms with Crippen LogP contribution in [0, 0.1) is 6.42 Å². The van der Waals surface area contributed by atoms with E-state index in [2.05, 4.69) is 48.6 Å². The molecule has 27 heavy (non-hydrogen) atoms. The predicted octanol–water partition coefficient (Wildman–Crippen LogP) is 4.72. The number of nitrogens with zero attached hydrogens (tertiary/aromatic N) is 3. The number of rotatable bonds is 12. The zero-order valence-electron chi connectivity index (χ0n) is 19.9. The Balaban J connectivity index is 2.21. The highest BCUT2D eigenvalue weighted by Gasteiger charge is 2.33. The molecule has 1 fully saturated rings. The summed E-state index contributed by atoms with van der Waals surface area (Å²) >= 11 is 0. The SMILES string of the molecule is CCCCCCCCC[CH-]CCC[N+]1(C)CC[N+](C)(C)CC[N+](C)(C)CC1. The van der Waals surface area contributed by atoms with Gasteiger partial charge in [-0.15, -0.1) is 0 Å². The molecule has 0 amide bonds. The van der Waals surface area contributed by atoms with E-state index in [1.807, 2.05) is 0 Å². The molecule has 1 saturated heterocycles. The summed E-state index contributed by atoms with van der Waals surface area (Å²) in [6, 6.07) is 0. The number of likely N-dealkylation sites (N-methyl/N-ethyl adjacent to an activating group) is 3. The van der Waals surface area contributed by atoms with Crippen molar-refractivity contribution in [3.05, 3.63) is 6.42 Å². The number of hydrogen-bond donors (Lipinski definition) is 0. The molecule has 0 aromatic rings. The minimum Gasteiger partial charge on any atom is -0.328 e. The Morgan fingerprint density at radius 1 is 0.556 bits per heavy atom. The summed E-state index contributed by atoms with van der Waals surface area (Å²) in [5.41, 5.74) is 0. The van der Waals surface area contributed by atoms with Gasteiger partial charge in [-0.2, -0.15) is 12.8 Å². The molecule has 3 nitrogen and oxygen atoms in total. The molecule has 0 N–H and O–H groups in total. The fourth-order valence-electron chi connectivity index (χ4n) is 4.13. The molecule has 0 radical (unpaired) electrons. The van der Waals surface area contributed by atoms with Crippen molar-refractivity contribution in [1.82, 2.24) is 0 Å². The lowest BCUT2D eigenvalue weighted by Gasteiger charge is -2.37. The summed E-state index contributed by atoms with van der Waals surface area (Å²) < 4.78 is 3.63. The Morgan fingerprint density at radius 2 is 1.00 bits per heavy atom. The van der Waals surface area contributed by atoms with E-state index in [9.17, 15) is 0 Å². The van der Waals surface area contributed by atoms with Crippen LogP contribution >= 0.6 is 0 Å². The maximum atomic E-state index is 2.58. The summed E-state index contributed by atoms with van der Waals surface area (Å²) in [7, 11) is 12.2. The number of quaternary nitrogens is 3. The topological polar surface area (TPSA) is 0 Å². The maximum Gasteiger partial charge on any atom is 0.128 e. The number of unbranched alkanes of at least 4 members (excludes halogenated alkanes) is 10. The first kappa shape index (κ1) is 24.9. The Labute approximate surface area is 172 Å². The minimum atomic E-state index is 1.18. The van der Waals surface area contributed by atoms with Crippen LogP contribution in [0.25, 0.3) is 0 Å². The monoisotopic (exact) mass is 383 g/mol. The smallest absolute Gasteiger partial charge is 0.128 e. The van der Waals surface area contributed by atoms with Gasteiger partial charge >= 0.3 is 0 Å². The van der Waals surface area contributed by atoms with Crippen molar-refractivity contribution in [2.24, 2.45) is 0 Å². The molecule has 162 valence electrons. The molecule has 3 heteroatoms. The van der Waals surface area contributed by atoms with Gasteiger partial charge in [0.2, 0.25) is 0 Å². The Bertz CT molecular complexity index is 356. The lowest BCUT2D eigenvalue weighted by Crippen LogP contribution is -2.54. The van der Waals surface area contributed by atoms with Crippen molar-refractivity contribution < 1.29 is 13.4 Å². The first-order valence-electron chi connectivity index (χ1n) is 12.0. The van der Waals surface area contributed by atoms with Gasteiger partial charge in [0, 0.05) is 0 Å². The fourth-order valence-corrected chi connectivity index (χ4v) is 4.13. The Morgan fingerprint density at radius 3 is 1.56 bits per heavy atom. The van der Waals surface area contributed by atoms with Crippen molar-refractivity contribution >= 4 is 0 Å². The summed E-state index contributed by atoms with van der Waals surface area (Å²) in [5, 5.41) is 0. The van der Waals surface area contributed by atoms with E-state index in [1.165, 1.54) is 123 Å². The van der Waals surface area contributed by atoms with Crippen molar-refractivity contribution in [1.29, 1.82) is 0 Å². The lowest BCUT2D eigenvalue weighted by atomic mass is 10.1. The molecule has 1 rings (SSSR count). The molecular weight excluding hydrogens is 330 g/mol. The normalized spacial score (nSPS) is 22.0. The van der Waals surface area contributed by atoms with Gasteiger partial charge in [-0.05, 0) is 6.42 Å². The second kappa shape index (κ2) is 12.4. The van der Waals surface area contributed by atoms with Crippen LogP contribution in [-0.4, -0.2) is 94.5 Å². The number of hydrogen-bond acceptors (Lipinski definition) is 0. The first-order valence-corrected chi connectivity index (χ1v) is 12.0. The van der Waals surface area contributed by atoms with E-state index >= 15 is 0 Å². The van der Waals surface area contributed by atoms with Crippen molar-refractivity contribution in [3.8, 4) is 0 Å². The molecule has 1 aliphatic heterocycles. The van der Waals surface area contributed by atoms with Gasteiger partial charge in [-0.1, -0.05) is 51.9 Å². The third-order valence-corrected chi connectivity index (χ3v) is 6.92. The second-order valence-electron chi connectivity index (χ2n) is 10.9. The van der Waals surface area contributed by atoms with Gasteiger partial charge in [-0.25, -0.2) is 0 Å². The summed E-state index contributed by atoms with van der Waals surface area (Å²) in [6.45, 7) is 11.6. The van der Waals surface area contributed by atoms with Crippen LogP contribution in [0.3, 0.4) is 0 Å². The third-order valence-electron chi connectivity index (χ3n) is 6.92. The van der Waals surface area contributed by atoms with Crippen LogP contribution in [0.2, 0.25) is 0 Å². The molecular formula is C24H53N3+2. The summed E-state index contributed by atoms with van der Waals surface area (Å²) in [4.78, 5) is 0. The van der Waals surface area contributed by atoms with Gasteiger partial charge in [0.25, 0.3) is 0 Å². The molecule has 0 atom stereocenters. The van der Waals surface area contributed by atoms with E-state index in [0.717, 1.165) is 0 Å². The largest absolute Gasteiger partial charge is 0.328 e. The maximum absolute atomic E-state index is 2.58. The fraction of sp³-hybridized carbons (Fsp3) is 0.958. The van der Waals surface area contributed by atoms with E-state index in [4.69, 9.17) is 0 Å². The molecule has 0 bridgehead atoms. The van der Waals surface area contributed by atoms with Gasteiger partial charge in [0.1, 0.15) is 39.3 Å². The van der Waals surface area contributed by atoms with Crippen LogP contribution in [0.15, 0.2) is 0 Å². The van der Waals surface area contributed by atoms with E-state index in [-0.39, 0.29) is 0 Å². The highest BCUT2D eigenvalue weighted by atomic mass is 15.4. The van der Waals surface area contributed by atoms with E-state index in [1.54, 1.807) is 0 Å². The average molecular weight is 384 g/mol. The minimum absolute atomic E-state index is 1.18. The van der Waals surface area contributed by atoms with Crippen LogP contribution in [0.1, 0.15) is 71.1 Å². The molecule has 0 aliphatic carbocycles. The quantitative estimate of drug-likeness (QED) is 0.260. The second-order valence-corrected chi connectivity index (χ2v) is 10.9. The van der Waals surface area contributed by atoms with Crippen LogP contribution in [0.5, 0.6) is 0 Å². The first-order chi connectivity index (χ1) is 12.7. The molecule has 1 heterocycles. The van der Waals surface area contributed by atoms with Crippen LogP contribution < -0.4 is 0 Å². The zero-order valence-corrected chi connectivity index (χ0v) is 19.9. The zero-order chi connectivity index (χ0) is 20.2. The Hall–Kier alpha value is -0.120.